The first kappa shape index (κ1) is 10.4. The van der Waals surface area contributed by atoms with Gasteiger partial charge in [-0.25, -0.2) is 8.78 Å². The predicted molar refractivity (Wildman–Crippen MR) is 51.7 cm³/mol. The van der Waals surface area contributed by atoms with E-state index >= 15 is 0 Å². The van der Waals surface area contributed by atoms with E-state index in [1.165, 1.54) is 19.4 Å². The van der Waals surface area contributed by atoms with Gasteiger partial charge >= 0.3 is 6.01 Å². The molecule has 2 rings (SSSR count). The lowest BCUT2D eigenvalue weighted by molar-refractivity contribution is 0.374. The molecule has 4 nitrogen and oxygen atoms in total. The highest BCUT2D eigenvalue weighted by molar-refractivity contribution is 5.58. The summed E-state index contributed by atoms with van der Waals surface area (Å²) >= 11 is 0. The molecular formula is C10H7F2N3O. The van der Waals surface area contributed by atoms with Crippen molar-refractivity contribution < 1.29 is 13.5 Å². The third-order valence-corrected chi connectivity index (χ3v) is 1.93. The van der Waals surface area contributed by atoms with Gasteiger partial charge in [-0.15, -0.1) is 0 Å². The van der Waals surface area contributed by atoms with Crippen LogP contribution in [0.25, 0.3) is 11.3 Å². The number of benzene rings is 1. The molecule has 0 saturated heterocycles. The molecule has 0 N–H and O–H groups in total. The van der Waals surface area contributed by atoms with E-state index in [1.54, 1.807) is 0 Å². The van der Waals surface area contributed by atoms with Gasteiger partial charge in [0.05, 0.1) is 19.0 Å². The van der Waals surface area contributed by atoms with Gasteiger partial charge in [0.25, 0.3) is 0 Å². The second kappa shape index (κ2) is 4.18. The number of hydrogen-bond acceptors (Lipinski definition) is 4. The van der Waals surface area contributed by atoms with Crippen LogP contribution in [0, 0.1) is 11.6 Å². The highest BCUT2D eigenvalue weighted by Gasteiger charge is 2.09. The zero-order chi connectivity index (χ0) is 11.5. The van der Waals surface area contributed by atoms with Crippen molar-refractivity contribution in [2.45, 2.75) is 0 Å². The summed E-state index contributed by atoms with van der Waals surface area (Å²) < 4.78 is 30.9. The fourth-order valence-corrected chi connectivity index (χ4v) is 1.20. The molecule has 1 heterocycles. The first-order valence-corrected chi connectivity index (χ1v) is 4.40. The summed E-state index contributed by atoms with van der Waals surface area (Å²) in [4.78, 5) is 3.89. The monoisotopic (exact) mass is 223 g/mol. The van der Waals surface area contributed by atoms with Crippen LogP contribution < -0.4 is 4.74 Å². The molecule has 0 fully saturated rings. The van der Waals surface area contributed by atoms with E-state index in [4.69, 9.17) is 4.74 Å². The van der Waals surface area contributed by atoms with Crippen LogP contribution in [0.2, 0.25) is 0 Å². The Labute approximate surface area is 89.9 Å². The van der Waals surface area contributed by atoms with Crippen molar-refractivity contribution in [3.05, 3.63) is 36.0 Å². The molecule has 2 aromatic rings. The fourth-order valence-electron chi connectivity index (χ4n) is 1.20. The molecule has 0 unspecified atom stereocenters. The number of methoxy groups -OCH3 is 1. The maximum absolute atomic E-state index is 13.4. The Hall–Kier alpha value is -2.11. The number of hydrogen-bond donors (Lipinski definition) is 0. The van der Waals surface area contributed by atoms with Crippen LogP contribution in [0.3, 0.4) is 0 Å². The Bertz CT molecular complexity index is 519. The number of rotatable bonds is 2. The SMILES string of the molecule is COc1nncc(-c2ccc(F)cc2F)n1. The smallest absolute Gasteiger partial charge is 0.335 e. The van der Waals surface area contributed by atoms with Gasteiger partial charge in [-0.2, -0.15) is 10.1 Å². The minimum absolute atomic E-state index is 0.0289. The van der Waals surface area contributed by atoms with Crippen molar-refractivity contribution in [1.29, 1.82) is 0 Å². The van der Waals surface area contributed by atoms with Gasteiger partial charge in [-0.3, -0.25) is 0 Å². The van der Waals surface area contributed by atoms with Gasteiger partial charge in [-0.05, 0) is 12.1 Å². The molecule has 0 atom stereocenters. The average Bonchev–Trinajstić information content (AvgIpc) is 2.29. The van der Waals surface area contributed by atoms with E-state index < -0.39 is 11.6 Å². The lowest BCUT2D eigenvalue weighted by atomic mass is 10.1. The molecule has 16 heavy (non-hydrogen) atoms. The van der Waals surface area contributed by atoms with Gasteiger partial charge in [-0.1, -0.05) is 5.10 Å². The van der Waals surface area contributed by atoms with Crippen molar-refractivity contribution in [3.8, 4) is 17.3 Å². The molecule has 0 bridgehead atoms. The van der Waals surface area contributed by atoms with Crippen LogP contribution in [0.15, 0.2) is 24.4 Å². The van der Waals surface area contributed by atoms with Crippen LogP contribution in [-0.2, 0) is 0 Å². The highest BCUT2D eigenvalue weighted by Crippen LogP contribution is 2.21. The maximum Gasteiger partial charge on any atom is 0.335 e. The topological polar surface area (TPSA) is 47.9 Å². The van der Waals surface area contributed by atoms with Gasteiger partial charge < -0.3 is 4.74 Å². The minimum Gasteiger partial charge on any atom is -0.466 e. The van der Waals surface area contributed by atoms with Crippen molar-refractivity contribution in [2.75, 3.05) is 7.11 Å². The zero-order valence-electron chi connectivity index (χ0n) is 8.32. The van der Waals surface area contributed by atoms with Crippen LogP contribution in [0.5, 0.6) is 6.01 Å². The number of aromatic nitrogens is 3. The summed E-state index contributed by atoms with van der Waals surface area (Å²) in [6.45, 7) is 0. The van der Waals surface area contributed by atoms with Crippen LogP contribution >= 0.6 is 0 Å². The molecule has 0 aliphatic rings. The van der Waals surface area contributed by atoms with Gasteiger partial charge in [0, 0.05) is 11.6 Å². The van der Waals surface area contributed by atoms with E-state index in [1.807, 2.05) is 0 Å². The molecule has 0 aliphatic carbocycles. The second-order valence-electron chi connectivity index (χ2n) is 2.95. The molecule has 82 valence electrons. The molecular weight excluding hydrogens is 216 g/mol. The van der Waals surface area contributed by atoms with Crippen molar-refractivity contribution >= 4 is 0 Å². The van der Waals surface area contributed by atoms with E-state index in [9.17, 15) is 8.78 Å². The third kappa shape index (κ3) is 1.95. The lowest BCUT2D eigenvalue weighted by Gasteiger charge is -2.02. The van der Waals surface area contributed by atoms with Crippen molar-refractivity contribution in [2.24, 2.45) is 0 Å². The summed E-state index contributed by atoms with van der Waals surface area (Å²) in [7, 11) is 1.38. The fraction of sp³-hybridized carbons (Fsp3) is 0.100. The van der Waals surface area contributed by atoms with E-state index in [-0.39, 0.29) is 17.3 Å². The molecule has 1 aromatic carbocycles. The lowest BCUT2D eigenvalue weighted by Crippen LogP contribution is -1.97. The first-order valence-electron chi connectivity index (χ1n) is 4.40. The summed E-state index contributed by atoms with van der Waals surface area (Å²) in [5.74, 6) is -1.35. The molecule has 6 heteroatoms. The third-order valence-electron chi connectivity index (χ3n) is 1.93. The van der Waals surface area contributed by atoms with E-state index in [2.05, 4.69) is 15.2 Å². The maximum atomic E-state index is 13.4. The Morgan fingerprint density at radius 1 is 1.25 bits per heavy atom. The highest BCUT2D eigenvalue weighted by atomic mass is 19.1. The van der Waals surface area contributed by atoms with E-state index in [0.29, 0.717) is 0 Å². The van der Waals surface area contributed by atoms with E-state index in [0.717, 1.165) is 12.1 Å². The second-order valence-corrected chi connectivity index (χ2v) is 2.95. The van der Waals surface area contributed by atoms with Crippen LogP contribution in [-0.4, -0.2) is 22.3 Å². The van der Waals surface area contributed by atoms with Gasteiger partial charge in [0.1, 0.15) is 11.6 Å². The van der Waals surface area contributed by atoms with Crippen LogP contribution in [0.4, 0.5) is 8.78 Å². The Balaban J connectivity index is 2.49. The Kier molecular flexibility index (Phi) is 2.72. The van der Waals surface area contributed by atoms with Gasteiger partial charge in [0.2, 0.25) is 0 Å². The Morgan fingerprint density at radius 2 is 2.06 bits per heavy atom. The van der Waals surface area contributed by atoms with Gasteiger partial charge in [0.15, 0.2) is 0 Å². The summed E-state index contributed by atoms with van der Waals surface area (Å²) in [5.41, 5.74) is 0.388. The number of ether oxygens (including phenoxy) is 1. The van der Waals surface area contributed by atoms with Crippen molar-refractivity contribution in [1.82, 2.24) is 15.2 Å². The molecule has 1 aromatic heterocycles. The summed E-state index contributed by atoms with van der Waals surface area (Å²) in [5, 5.41) is 7.15. The molecule has 0 saturated carbocycles. The number of nitrogens with zero attached hydrogens (tertiary/aromatic N) is 3. The number of halogens is 2. The molecule has 0 amide bonds. The Morgan fingerprint density at radius 3 is 2.75 bits per heavy atom. The molecule has 0 aliphatic heterocycles. The standard InChI is InChI=1S/C10H7F2N3O/c1-16-10-14-9(5-13-15-10)7-3-2-6(11)4-8(7)12/h2-5H,1H3. The predicted octanol–water partition coefficient (Wildman–Crippen LogP) is 1.83. The minimum atomic E-state index is -0.706. The van der Waals surface area contributed by atoms with Crippen LogP contribution in [0.1, 0.15) is 0 Å². The summed E-state index contributed by atoms with van der Waals surface area (Å²) in [6, 6.07) is 3.24. The normalized spacial score (nSPS) is 10.2. The van der Waals surface area contributed by atoms with Crippen molar-refractivity contribution in [3.63, 3.8) is 0 Å². The molecule has 0 radical (unpaired) electrons. The zero-order valence-corrected chi connectivity index (χ0v) is 8.32. The average molecular weight is 223 g/mol. The first-order chi connectivity index (χ1) is 7.70. The largest absolute Gasteiger partial charge is 0.466 e. The summed E-state index contributed by atoms with van der Waals surface area (Å²) in [6.07, 6.45) is 1.28. The quantitative estimate of drug-likeness (QED) is 0.779. The molecule has 0 spiro atoms.